The lowest BCUT2D eigenvalue weighted by atomic mass is 9.98. The molecular weight excluding hydrogens is 122 g/mol. The Bertz CT molecular complexity index is 86.7. The first-order valence-corrected chi connectivity index (χ1v) is 4.16. The maximum absolute atomic E-state index is 5.45. The van der Waals surface area contributed by atoms with E-state index in [0.717, 1.165) is 12.5 Å². The summed E-state index contributed by atoms with van der Waals surface area (Å²) in [5.41, 5.74) is 5.45. The van der Waals surface area contributed by atoms with Crippen LogP contribution in [-0.4, -0.2) is 6.54 Å². The van der Waals surface area contributed by atoms with Crippen molar-refractivity contribution in [3.8, 4) is 0 Å². The fourth-order valence-corrected chi connectivity index (χ4v) is 1.05. The van der Waals surface area contributed by atoms with Gasteiger partial charge in [0.15, 0.2) is 0 Å². The molecule has 0 saturated heterocycles. The highest BCUT2D eigenvalue weighted by atomic mass is 14.5. The average Bonchev–Trinajstić information content (AvgIpc) is 1.98. The summed E-state index contributed by atoms with van der Waals surface area (Å²) in [6.45, 7) is 5.12. The van der Waals surface area contributed by atoms with Crippen molar-refractivity contribution < 1.29 is 0 Å². The van der Waals surface area contributed by atoms with Crippen molar-refractivity contribution in [3.63, 3.8) is 0 Å². The summed E-state index contributed by atoms with van der Waals surface area (Å²) in [7, 11) is 0. The molecule has 0 saturated carbocycles. The summed E-state index contributed by atoms with van der Waals surface area (Å²) in [6.07, 6.45) is 7.95. The number of hydrogen-bond acceptors (Lipinski definition) is 1. The largest absolute Gasteiger partial charge is 0.330 e. The Morgan fingerprint density at radius 2 is 2.20 bits per heavy atom. The number of nitrogens with two attached hydrogens (primary N) is 1. The van der Waals surface area contributed by atoms with Crippen molar-refractivity contribution in [1.82, 2.24) is 0 Å². The number of hydrogen-bond donors (Lipinski definition) is 1. The quantitative estimate of drug-likeness (QED) is 0.584. The molecule has 0 aromatic heterocycles. The van der Waals surface area contributed by atoms with Gasteiger partial charge in [0.1, 0.15) is 0 Å². The fraction of sp³-hybridized carbons (Fsp3) is 0.778. The van der Waals surface area contributed by atoms with Gasteiger partial charge < -0.3 is 5.73 Å². The lowest BCUT2D eigenvalue weighted by Gasteiger charge is -2.09. The molecule has 0 aliphatic heterocycles. The van der Waals surface area contributed by atoms with Crippen LogP contribution in [0.15, 0.2) is 12.2 Å². The normalized spacial score (nSPS) is 14.3. The van der Waals surface area contributed by atoms with Gasteiger partial charge in [-0.1, -0.05) is 25.5 Å². The first-order valence-electron chi connectivity index (χ1n) is 4.16. The third-order valence-electron chi connectivity index (χ3n) is 1.86. The summed E-state index contributed by atoms with van der Waals surface area (Å²) in [4.78, 5) is 0. The summed E-state index contributed by atoms with van der Waals surface area (Å²) in [6, 6.07) is 0. The predicted octanol–water partition coefficient (Wildman–Crippen LogP) is 2.33. The standard InChI is InChI=1S/C9H19N/c1-3-5-6-9(4-2)7-8-10/h3,5,9H,4,6-8,10H2,1-2H3/b5-3-. The molecule has 1 unspecified atom stereocenters. The molecule has 0 aromatic rings. The molecule has 0 fully saturated rings. The van der Waals surface area contributed by atoms with Crippen molar-refractivity contribution in [2.24, 2.45) is 11.7 Å². The highest BCUT2D eigenvalue weighted by Gasteiger charge is 2.00. The lowest BCUT2D eigenvalue weighted by Crippen LogP contribution is -2.06. The summed E-state index contributed by atoms with van der Waals surface area (Å²) in [5, 5.41) is 0. The van der Waals surface area contributed by atoms with Crippen LogP contribution in [0.5, 0.6) is 0 Å². The number of rotatable bonds is 5. The van der Waals surface area contributed by atoms with Crippen molar-refractivity contribution in [1.29, 1.82) is 0 Å². The minimum absolute atomic E-state index is 0.807. The van der Waals surface area contributed by atoms with Crippen LogP contribution in [-0.2, 0) is 0 Å². The van der Waals surface area contributed by atoms with E-state index < -0.39 is 0 Å². The van der Waals surface area contributed by atoms with Crippen LogP contribution in [0.2, 0.25) is 0 Å². The van der Waals surface area contributed by atoms with Crippen LogP contribution in [0, 0.1) is 5.92 Å². The third-order valence-corrected chi connectivity index (χ3v) is 1.86. The average molecular weight is 141 g/mol. The van der Waals surface area contributed by atoms with Crippen LogP contribution >= 0.6 is 0 Å². The van der Waals surface area contributed by atoms with E-state index in [1.807, 2.05) is 0 Å². The summed E-state index contributed by atoms with van der Waals surface area (Å²) in [5.74, 6) is 0.807. The molecule has 0 rings (SSSR count). The van der Waals surface area contributed by atoms with Gasteiger partial charge in [0.05, 0.1) is 0 Å². The van der Waals surface area contributed by atoms with Gasteiger partial charge >= 0.3 is 0 Å². The molecule has 0 aliphatic carbocycles. The van der Waals surface area contributed by atoms with Crippen LogP contribution in [0.25, 0.3) is 0 Å². The Morgan fingerprint density at radius 1 is 1.50 bits per heavy atom. The SMILES string of the molecule is C/C=C\CC(CC)CCN. The van der Waals surface area contributed by atoms with Gasteiger partial charge in [0, 0.05) is 0 Å². The molecule has 0 radical (unpaired) electrons. The van der Waals surface area contributed by atoms with E-state index in [1.54, 1.807) is 0 Å². The van der Waals surface area contributed by atoms with Gasteiger partial charge in [-0.15, -0.1) is 0 Å². The lowest BCUT2D eigenvalue weighted by molar-refractivity contribution is 0.483. The van der Waals surface area contributed by atoms with E-state index in [9.17, 15) is 0 Å². The maximum atomic E-state index is 5.45. The molecule has 0 amide bonds. The van der Waals surface area contributed by atoms with Crippen LogP contribution in [0.1, 0.15) is 33.1 Å². The molecule has 0 spiro atoms. The molecule has 60 valence electrons. The van der Waals surface area contributed by atoms with Gasteiger partial charge in [-0.25, -0.2) is 0 Å². The van der Waals surface area contributed by atoms with E-state index in [4.69, 9.17) is 5.73 Å². The molecular formula is C9H19N. The van der Waals surface area contributed by atoms with Crippen molar-refractivity contribution in [2.45, 2.75) is 33.1 Å². The Labute approximate surface area is 64.3 Å². The molecule has 1 atom stereocenters. The maximum Gasteiger partial charge on any atom is -0.00745 e. The van der Waals surface area contributed by atoms with Crippen LogP contribution < -0.4 is 5.73 Å². The van der Waals surface area contributed by atoms with E-state index in [0.29, 0.717) is 0 Å². The van der Waals surface area contributed by atoms with E-state index in [2.05, 4.69) is 26.0 Å². The van der Waals surface area contributed by atoms with Gasteiger partial charge in [-0.3, -0.25) is 0 Å². The highest BCUT2D eigenvalue weighted by molar-refractivity contribution is 4.79. The Hall–Kier alpha value is -0.300. The van der Waals surface area contributed by atoms with Crippen LogP contribution in [0.3, 0.4) is 0 Å². The van der Waals surface area contributed by atoms with Crippen LogP contribution in [0.4, 0.5) is 0 Å². The Balaban J connectivity index is 3.39. The zero-order valence-corrected chi connectivity index (χ0v) is 7.14. The monoisotopic (exact) mass is 141 g/mol. The summed E-state index contributed by atoms with van der Waals surface area (Å²) < 4.78 is 0. The van der Waals surface area contributed by atoms with Crippen molar-refractivity contribution >= 4 is 0 Å². The summed E-state index contributed by atoms with van der Waals surface area (Å²) >= 11 is 0. The van der Waals surface area contributed by atoms with E-state index >= 15 is 0 Å². The van der Waals surface area contributed by atoms with E-state index in [1.165, 1.54) is 19.3 Å². The van der Waals surface area contributed by atoms with Crippen molar-refractivity contribution in [3.05, 3.63) is 12.2 Å². The fourth-order valence-electron chi connectivity index (χ4n) is 1.05. The first kappa shape index (κ1) is 9.70. The highest BCUT2D eigenvalue weighted by Crippen LogP contribution is 2.12. The molecule has 1 nitrogen and oxygen atoms in total. The minimum Gasteiger partial charge on any atom is -0.330 e. The van der Waals surface area contributed by atoms with Gasteiger partial charge in [0.25, 0.3) is 0 Å². The van der Waals surface area contributed by atoms with Gasteiger partial charge in [-0.2, -0.15) is 0 Å². The smallest absolute Gasteiger partial charge is 0.00745 e. The van der Waals surface area contributed by atoms with Gasteiger partial charge in [-0.05, 0) is 32.2 Å². The minimum atomic E-state index is 0.807. The zero-order valence-electron chi connectivity index (χ0n) is 7.14. The molecule has 0 bridgehead atoms. The predicted molar refractivity (Wildman–Crippen MR) is 46.9 cm³/mol. The number of allylic oxidation sites excluding steroid dienone is 2. The molecule has 0 aliphatic rings. The molecule has 2 N–H and O–H groups in total. The first-order chi connectivity index (χ1) is 4.85. The molecule has 0 aromatic carbocycles. The zero-order chi connectivity index (χ0) is 7.82. The molecule has 0 heterocycles. The molecule has 10 heavy (non-hydrogen) atoms. The molecule has 1 heteroatoms. The topological polar surface area (TPSA) is 26.0 Å². The Kier molecular flexibility index (Phi) is 6.61. The van der Waals surface area contributed by atoms with E-state index in [-0.39, 0.29) is 0 Å². The Morgan fingerprint density at radius 3 is 2.60 bits per heavy atom. The van der Waals surface area contributed by atoms with Gasteiger partial charge in [0.2, 0.25) is 0 Å². The second kappa shape index (κ2) is 6.81. The second-order valence-corrected chi connectivity index (χ2v) is 2.66. The van der Waals surface area contributed by atoms with Crippen molar-refractivity contribution in [2.75, 3.05) is 6.54 Å². The third kappa shape index (κ3) is 4.57. The second-order valence-electron chi connectivity index (χ2n) is 2.66.